The van der Waals surface area contributed by atoms with E-state index in [-0.39, 0.29) is 24.0 Å². The second kappa shape index (κ2) is 11.4. The van der Waals surface area contributed by atoms with Crippen molar-refractivity contribution in [2.24, 2.45) is 4.99 Å². The summed E-state index contributed by atoms with van der Waals surface area (Å²) in [6, 6.07) is 5.80. The van der Waals surface area contributed by atoms with Crippen molar-refractivity contribution < 1.29 is 14.2 Å². The van der Waals surface area contributed by atoms with Crippen LogP contribution in [0.2, 0.25) is 0 Å². The zero-order valence-electron chi connectivity index (χ0n) is 13.9. The van der Waals surface area contributed by atoms with E-state index in [4.69, 9.17) is 14.2 Å². The molecule has 0 aliphatic heterocycles. The molecule has 0 atom stereocenters. The topological polar surface area (TPSA) is 55.3 Å². The first-order chi connectivity index (χ1) is 10.2. The Morgan fingerprint density at radius 2 is 1.95 bits per heavy atom. The molecule has 0 bridgehead atoms. The summed E-state index contributed by atoms with van der Waals surface area (Å²) in [5.74, 6) is 2.39. The van der Waals surface area contributed by atoms with Gasteiger partial charge in [0.05, 0.1) is 20.8 Å². The minimum atomic E-state index is 0. The number of benzene rings is 1. The van der Waals surface area contributed by atoms with Gasteiger partial charge in [-0.1, -0.05) is 0 Å². The highest BCUT2D eigenvalue weighted by Gasteiger charge is 2.10. The van der Waals surface area contributed by atoms with Gasteiger partial charge in [0.15, 0.2) is 5.96 Å². The van der Waals surface area contributed by atoms with Gasteiger partial charge in [-0.2, -0.15) is 0 Å². The van der Waals surface area contributed by atoms with E-state index < -0.39 is 0 Å². The van der Waals surface area contributed by atoms with Crippen LogP contribution in [0.3, 0.4) is 0 Å². The van der Waals surface area contributed by atoms with Gasteiger partial charge < -0.3 is 24.4 Å². The van der Waals surface area contributed by atoms with Crippen molar-refractivity contribution >= 4 is 29.9 Å². The first kappa shape index (κ1) is 20.8. The first-order valence-corrected chi connectivity index (χ1v) is 6.77. The molecular weight excluding hydrogens is 397 g/mol. The predicted octanol–water partition coefficient (Wildman–Crippen LogP) is 1.98. The number of guanidine groups is 1. The molecule has 0 aliphatic carbocycles. The Morgan fingerprint density at radius 1 is 1.23 bits per heavy atom. The highest BCUT2D eigenvalue weighted by Crippen LogP contribution is 2.25. The van der Waals surface area contributed by atoms with Gasteiger partial charge in [-0.25, -0.2) is 0 Å². The second-order valence-electron chi connectivity index (χ2n) is 4.50. The molecule has 1 N–H and O–H groups in total. The maximum atomic E-state index is 5.41. The lowest BCUT2D eigenvalue weighted by molar-refractivity contribution is 0.203. The van der Waals surface area contributed by atoms with Gasteiger partial charge in [-0.3, -0.25) is 4.99 Å². The van der Waals surface area contributed by atoms with Crippen molar-refractivity contribution in [1.82, 2.24) is 10.2 Å². The third-order valence-electron chi connectivity index (χ3n) is 3.06. The number of halogens is 1. The number of aliphatic imine (C=N–C) groups is 1. The maximum absolute atomic E-state index is 5.41. The van der Waals surface area contributed by atoms with Crippen LogP contribution >= 0.6 is 24.0 Å². The van der Waals surface area contributed by atoms with Gasteiger partial charge in [0.1, 0.15) is 11.5 Å². The lowest BCUT2D eigenvalue weighted by atomic mass is 10.2. The van der Waals surface area contributed by atoms with Gasteiger partial charge in [0, 0.05) is 45.9 Å². The lowest BCUT2D eigenvalue weighted by Gasteiger charge is -2.23. The third kappa shape index (κ3) is 6.27. The quantitative estimate of drug-likeness (QED) is 0.315. The molecule has 0 saturated carbocycles. The van der Waals surface area contributed by atoms with Crippen LogP contribution in [-0.4, -0.2) is 59.4 Å². The van der Waals surface area contributed by atoms with Crippen molar-refractivity contribution in [3.8, 4) is 11.5 Å². The van der Waals surface area contributed by atoms with E-state index >= 15 is 0 Å². The molecule has 0 heterocycles. The molecule has 0 unspecified atom stereocenters. The van der Waals surface area contributed by atoms with E-state index in [0.717, 1.165) is 23.0 Å². The van der Waals surface area contributed by atoms with Gasteiger partial charge >= 0.3 is 0 Å². The van der Waals surface area contributed by atoms with Crippen LogP contribution in [-0.2, 0) is 11.3 Å². The minimum Gasteiger partial charge on any atom is -0.497 e. The van der Waals surface area contributed by atoms with E-state index in [0.29, 0.717) is 19.7 Å². The van der Waals surface area contributed by atoms with Crippen LogP contribution in [0, 0.1) is 0 Å². The van der Waals surface area contributed by atoms with Crippen molar-refractivity contribution in [2.45, 2.75) is 6.54 Å². The summed E-state index contributed by atoms with van der Waals surface area (Å²) in [5, 5.41) is 3.24. The molecule has 0 amide bonds. The lowest BCUT2D eigenvalue weighted by Crippen LogP contribution is -2.39. The van der Waals surface area contributed by atoms with Gasteiger partial charge in [-0.15, -0.1) is 24.0 Å². The highest BCUT2D eigenvalue weighted by atomic mass is 127. The monoisotopic (exact) mass is 423 g/mol. The summed E-state index contributed by atoms with van der Waals surface area (Å²) in [6.07, 6.45) is 0. The molecule has 0 radical (unpaired) electrons. The fourth-order valence-electron chi connectivity index (χ4n) is 1.96. The van der Waals surface area contributed by atoms with Crippen LogP contribution in [0.1, 0.15) is 5.56 Å². The van der Waals surface area contributed by atoms with E-state index in [1.165, 1.54) is 0 Å². The number of hydrogen-bond donors (Lipinski definition) is 1. The van der Waals surface area contributed by atoms with Crippen LogP contribution in [0.25, 0.3) is 0 Å². The highest BCUT2D eigenvalue weighted by molar-refractivity contribution is 14.0. The zero-order chi connectivity index (χ0) is 15.7. The average molecular weight is 423 g/mol. The standard InChI is InChI=1S/C15H25N3O3.HI/c1-16-15(17-8-9-19-3)18(2)11-12-6-7-13(20-4)10-14(12)21-5;/h6-7,10H,8-9,11H2,1-5H3,(H,16,17);1H. The van der Waals surface area contributed by atoms with Crippen molar-refractivity contribution in [1.29, 1.82) is 0 Å². The normalized spacial score (nSPS) is 10.7. The van der Waals surface area contributed by atoms with Crippen LogP contribution < -0.4 is 14.8 Å². The van der Waals surface area contributed by atoms with E-state index in [2.05, 4.69) is 10.3 Å². The zero-order valence-corrected chi connectivity index (χ0v) is 16.2. The Bertz CT molecular complexity index is 469. The molecule has 1 aromatic carbocycles. The number of nitrogens with one attached hydrogen (secondary N) is 1. The molecule has 0 fully saturated rings. The summed E-state index contributed by atoms with van der Waals surface area (Å²) in [6.45, 7) is 2.03. The Balaban J connectivity index is 0.00000441. The average Bonchev–Trinajstić information content (AvgIpc) is 2.51. The smallest absolute Gasteiger partial charge is 0.193 e. The van der Waals surface area contributed by atoms with Gasteiger partial charge in [-0.05, 0) is 12.1 Å². The maximum Gasteiger partial charge on any atom is 0.193 e. The predicted molar refractivity (Wildman–Crippen MR) is 99.7 cm³/mol. The summed E-state index contributed by atoms with van der Waals surface area (Å²) in [5.41, 5.74) is 1.07. The molecule has 1 rings (SSSR count). The fraction of sp³-hybridized carbons (Fsp3) is 0.533. The fourth-order valence-corrected chi connectivity index (χ4v) is 1.96. The molecule has 0 aliphatic rings. The Kier molecular flexibility index (Phi) is 10.7. The Labute approximate surface area is 149 Å². The molecular formula is C15H26IN3O3. The van der Waals surface area contributed by atoms with Crippen molar-refractivity contribution in [3.63, 3.8) is 0 Å². The number of hydrogen-bond acceptors (Lipinski definition) is 4. The Morgan fingerprint density at radius 3 is 2.50 bits per heavy atom. The number of rotatable bonds is 7. The summed E-state index contributed by atoms with van der Waals surface area (Å²) < 4.78 is 15.6. The largest absolute Gasteiger partial charge is 0.497 e. The molecule has 22 heavy (non-hydrogen) atoms. The second-order valence-corrected chi connectivity index (χ2v) is 4.50. The molecule has 0 saturated heterocycles. The van der Waals surface area contributed by atoms with E-state index in [9.17, 15) is 0 Å². The van der Waals surface area contributed by atoms with Crippen molar-refractivity contribution in [3.05, 3.63) is 23.8 Å². The molecule has 0 spiro atoms. The van der Waals surface area contributed by atoms with Crippen molar-refractivity contribution in [2.75, 3.05) is 48.6 Å². The first-order valence-electron chi connectivity index (χ1n) is 6.77. The molecule has 0 aromatic heterocycles. The number of methoxy groups -OCH3 is 3. The Hall–Kier alpha value is -1.22. The molecule has 7 heteroatoms. The summed E-state index contributed by atoms with van der Waals surface area (Å²) >= 11 is 0. The van der Waals surface area contributed by atoms with E-state index in [1.54, 1.807) is 28.4 Å². The molecule has 126 valence electrons. The van der Waals surface area contributed by atoms with Crippen LogP contribution in [0.15, 0.2) is 23.2 Å². The number of nitrogens with zero attached hydrogens (tertiary/aromatic N) is 2. The summed E-state index contributed by atoms with van der Waals surface area (Å²) in [7, 11) is 8.71. The third-order valence-corrected chi connectivity index (χ3v) is 3.06. The van der Waals surface area contributed by atoms with Gasteiger partial charge in [0.2, 0.25) is 0 Å². The minimum absolute atomic E-state index is 0. The van der Waals surface area contributed by atoms with Crippen LogP contribution in [0.4, 0.5) is 0 Å². The molecule has 6 nitrogen and oxygen atoms in total. The van der Waals surface area contributed by atoms with Gasteiger partial charge in [0.25, 0.3) is 0 Å². The van der Waals surface area contributed by atoms with Crippen LogP contribution in [0.5, 0.6) is 11.5 Å². The molecule has 1 aromatic rings. The SMILES string of the molecule is CN=C(NCCOC)N(C)Cc1ccc(OC)cc1OC.I. The number of ether oxygens (including phenoxy) is 3. The van der Waals surface area contributed by atoms with E-state index in [1.807, 2.05) is 30.1 Å². The summed E-state index contributed by atoms with van der Waals surface area (Å²) in [4.78, 5) is 6.28.